The fraction of sp³-hybridized carbons (Fsp3) is 0.357. The lowest BCUT2D eigenvalue weighted by Gasteiger charge is -2.13. The van der Waals surface area contributed by atoms with Crippen molar-refractivity contribution in [2.75, 3.05) is 27.6 Å². The molecular formula is C14H19NO3S. The zero-order valence-corrected chi connectivity index (χ0v) is 12.7. The summed E-state index contributed by atoms with van der Waals surface area (Å²) < 4.78 is 20.0. The number of ether oxygens (including phenoxy) is 3. The van der Waals surface area contributed by atoms with Crippen LogP contribution in [-0.2, 0) is 0 Å². The Morgan fingerprint density at radius 3 is 2.11 bits per heavy atom. The Hall–Kier alpha value is -1.62. The summed E-state index contributed by atoms with van der Waals surface area (Å²) in [5.74, 6) is 1.88. The summed E-state index contributed by atoms with van der Waals surface area (Å²) in [7, 11) is 4.80. The third kappa shape index (κ3) is 4.21. The van der Waals surface area contributed by atoms with E-state index in [1.54, 1.807) is 21.3 Å². The van der Waals surface area contributed by atoms with Gasteiger partial charge >= 0.3 is 0 Å². The maximum atomic E-state index is 5.31. The van der Waals surface area contributed by atoms with Gasteiger partial charge in [0, 0.05) is 12.5 Å². The second-order valence-corrected chi connectivity index (χ2v) is 4.34. The highest BCUT2D eigenvalue weighted by molar-refractivity contribution is 7.97. The third-order valence-corrected chi connectivity index (χ3v) is 2.76. The Morgan fingerprint density at radius 2 is 1.68 bits per heavy atom. The van der Waals surface area contributed by atoms with Crippen LogP contribution in [0.25, 0.3) is 6.08 Å². The van der Waals surface area contributed by atoms with Crippen molar-refractivity contribution in [2.24, 2.45) is 4.40 Å². The molecule has 104 valence electrons. The van der Waals surface area contributed by atoms with Crippen LogP contribution < -0.4 is 14.2 Å². The van der Waals surface area contributed by atoms with Crippen LogP contribution in [0, 0.1) is 0 Å². The molecule has 0 saturated heterocycles. The Kier molecular flexibility index (Phi) is 6.29. The average Bonchev–Trinajstić information content (AvgIpc) is 2.43. The van der Waals surface area contributed by atoms with Crippen LogP contribution in [0.2, 0.25) is 0 Å². The monoisotopic (exact) mass is 281 g/mol. The summed E-state index contributed by atoms with van der Waals surface area (Å²) in [5.41, 5.74) is 2.02. The molecule has 19 heavy (non-hydrogen) atoms. The molecule has 0 aliphatic rings. The lowest BCUT2D eigenvalue weighted by Crippen LogP contribution is -1.95. The smallest absolute Gasteiger partial charge is 0.203 e. The quantitative estimate of drug-likeness (QED) is 0.591. The van der Waals surface area contributed by atoms with Crippen molar-refractivity contribution in [2.45, 2.75) is 6.92 Å². The van der Waals surface area contributed by atoms with E-state index in [1.165, 1.54) is 11.9 Å². The van der Waals surface area contributed by atoms with Crippen molar-refractivity contribution in [3.63, 3.8) is 0 Å². The molecule has 0 fully saturated rings. The first-order valence-corrected chi connectivity index (χ1v) is 6.89. The molecule has 0 unspecified atom stereocenters. The van der Waals surface area contributed by atoms with Crippen LogP contribution in [-0.4, -0.2) is 33.8 Å². The van der Waals surface area contributed by atoms with Crippen molar-refractivity contribution in [1.29, 1.82) is 0 Å². The van der Waals surface area contributed by atoms with Gasteiger partial charge in [-0.3, -0.25) is 0 Å². The van der Waals surface area contributed by atoms with E-state index in [-0.39, 0.29) is 0 Å². The van der Waals surface area contributed by atoms with Crippen molar-refractivity contribution in [1.82, 2.24) is 0 Å². The molecule has 0 amide bonds. The van der Waals surface area contributed by atoms with Gasteiger partial charge in [0.1, 0.15) is 0 Å². The van der Waals surface area contributed by atoms with E-state index in [4.69, 9.17) is 14.2 Å². The van der Waals surface area contributed by atoms with Crippen molar-refractivity contribution < 1.29 is 14.2 Å². The number of hydrogen-bond donors (Lipinski definition) is 0. The third-order valence-electron chi connectivity index (χ3n) is 2.44. The van der Waals surface area contributed by atoms with Gasteiger partial charge in [0.2, 0.25) is 5.75 Å². The number of hydrogen-bond acceptors (Lipinski definition) is 5. The van der Waals surface area contributed by atoms with Crippen LogP contribution in [0.15, 0.2) is 22.1 Å². The second kappa shape index (κ2) is 7.74. The Labute approximate surface area is 118 Å². The number of benzene rings is 1. The lowest BCUT2D eigenvalue weighted by atomic mass is 10.1. The molecule has 0 N–H and O–H groups in total. The van der Waals surface area contributed by atoms with Crippen molar-refractivity contribution in [3.8, 4) is 17.2 Å². The maximum absolute atomic E-state index is 5.31. The maximum Gasteiger partial charge on any atom is 0.203 e. The first-order valence-electron chi connectivity index (χ1n) is 5.71. The van der Waals surface area contributed by atoms with E-state index in [2.05, 4.69) is 4.40 Å². The summed E-state index contributed by atoms with van der Waals surface area (Å²) in [6.07, 6.45) is 5.74. The van der Waals surface area contributed by atoms with E-state index in [1.807, 2.05) is 37.6 Å². The van der Waals surface area contributed by atoms with E-state index >= 15 is 0 Å². The molecular weight excluding hydrogens is 262 g/mol. The lowest BCUT2D eigenvalue weighted by molar-refractivity contribution is 0.324. The molecule has 0 aliphatic carbocycles. The minimum absolute atomic E-state index is 0.595. The summed E-state index contributed by atoms with van der Waals surface area (Å²) in [6.45, 7) is 1.99. The largest absolute Gasteiger partial charge is 0.493 e. The SMILES string of the molecule is COc1cc(/C=C(C)/C=N\SC)cc(OC)c1OC. The summed E-state index contributed by atoms with van der Waals surface area (Å²) >= 11 is 1.42. The minimum atomic E-state index is 0.595. The van der Waals surface area contributed by atoms with Gasteiger partial charge in [-0.2, -0.15) is 0 Å². The normalized spacial score (nSPS) is 11.7. The molecule has 1 rings (SSSR count). The Balaban J connectivity index is 3.19. The Bertz CT molecular complexity index is 459. The molecule has 5 heteroatoms. The Morgan fingerprint density at radius 1 is 1.11 bits per heavy atom. The highest BCUT2D eigenvalue weighted by atomic mass is 32.2. The average molecular weight is 281 g/mol. The summed E-state index contributed by atoms with van der Waals surface area (Å²) in [4.78, 5) is 0. The number of methoxy groups -OCH3 is 3. The molecule has 4 nitrogen and oxygen atoms in total. The fourth-order valence-electron chi connectivity index (χ4n) is 1.62. The van der Waals surface area contributed by atoms with E-state index in [0.717, 1.165) is 11.1 Å². The first kappa shape index (κ1) is 15.4. The predicted molar refractivity (Wildman–Crippen MR) is 81.8 cm³/mol. The van der Waals surface area contributed by atoms with Crippen molar-refractivity contribution in [3.05, 3.63) is 23.3 Å². The highest BCUT2D eigenvalue weighted by Crippen LogP contribution is 2.38. The molecule has 0 bridgehead atoms. The molecule has 0 spiro atoms. The van der Waals surface area contributed by atoms with Gasteiger partial charge in [-0.15, -0.1) is 0 Å². The molecule has 0 radical (unpaired) electrons. The zero-order chi connectivity index (χ0) is 14.3. The number of allylic oxidation sites excluding steroid dienone is 1. The van der Waals surface area contributed by atoms with Crippen molar-refractivity contribution >= 4 is 24.2 Å². The van der Waals surface area contributed by atoms with Crippen LogP contribution in [0.3, 0.4) is 0 Å². The standard InChI is InChI=1S/C14H19NO3S/c1-10(9-15-19-5)6-11-7-12(16-2)14(18-4)13(8-11)17-3/h6-9H,1-5H3/b10-6+,15-9-. The zero-order valence-electron chi connectivity index (χ0n) is 11.9. The molecule has 1 aromatic carbocycles. The van der Waals surface area contributed by atoms with E-state index in [9.17, 15) is 0 Å². The van der Waals surface area contributed by atoms with Gasteiger partial charge in [0.15, 0.2) is 11.5 Å². The minimum Gasteiger partial charge on any atom is -0.493 e. The molecule has 0 heterocycles. The van der Waals surface area contributed by atoms with Crippen LogP contribution in [0.1, 0.15) is 12.5 Å². The predicted octanol–water partition coefficient (Wildman–Crippen LogP) is 3.46. The molecule has 0 aromatic heterocycles. The first-order chi connectivity index (χ1) is 9.15. The molecule has 1 aromatic rings. The second-order valence-electron chi connectivity index (χ2n) is 3.76. The van der Waals surface area contributed by atoms with E-state index < -0.39 is 0 Å². The van der Waals surface area contributed by atoms with Gasteiger partial charge in [-0.05, 0) is 42.1 Å². The topological polar surface area (TPSA) is 40.0 Å². The van der Waals surface area contributed by atoms with Gasteiger partial charge < -0.3 is 14.2 Å². The molecule has 0 aliphatic heterocycles. The number of nitrogens with zero attached hydrogens (tertiary/aromatic N) is 1. The van der Waals surface area contributed by atoms with Crippen LogP contribution >= 0.6 is 11.9 Å². The van der Waals surface area contributed by atoms with Gasteiger partial charge in [0.05, 0.1) is 21.3 Å². The highest BCUT2D eigenvalue weighted by Gasteiger charge is 2.12. The van der Waals surface area contributed by atoms with Crippen LogP contribution in [0.5, 0.6) is 17.2 Å². The van der Waals surface area contributed by atoms with E-state index in [0.29, 0.717) is 17.2 Å². The number of rotatable bonds is 6. The fourth-order valence-corrected chi connectivity index (χ4v) is 1.89. The van der Waals surface area contributed by atoms with Gasteiger partial charge in [-0.1, -0.05) is 6.08 Å². The summed E-state index contributed by atoms with van der Waals surface area (Å²) in [5, 5.41) is 0. The summed E-state index contributed by atoms with van der Waals surface area (Å²) in [6, 6.07) is 3.80. The molecule has 0 atom stereocenters. The van der Waals surface area contributed by atoms with Gasteiger partial charge in [-0.25, -0.2) is 4.40 Å². The van der Waals surface area contributed by atoms with Gasteiger partial charge in [0.25, 0.3) is 0 Å². The van der Waals surface area contributed by atoms with Crippen LogP contribution in [0.4, 0.5) is 0 Å². The molecule has 0 saturated carbocycles.